The van der Waals surface area contributed by atoms with Crippen LogP contribution in [0.2, 0.25) is 0 Å². The van der Waals surface area contributed by atoms with E-state index in [4.69, 9.17) is 4.52 Å². The first-order valence-corrected chi connectivity index (χ1v) is 8.65. The van der Waals surface area contributed by atoms with Crippen LogP contribution in [-0.2, 0) is 5.41 Å². The van der Waals surface area contributed by atoms with Gasteiger partial charge in [0.2, 0.25) is 11.7 Å². The average molecular weight is 349 g/mol. The van der Waals surface area contributed by atoms with Crippen LogP contribution < -0.4 is 5.32 Å². The van der Waals surface area contributed by atoms with Crippen LogP contribution in [-0.4, -0.2) is 16.0 Å². The Morgan fingerprint density at radius 2 is 1.69 bits per heavy atom. The van der Waals surface area contributed by atoms with Gasteiger partial charge in [-0.3, -0.25) is 4.79 Å². The van der Waals surface area contributed by atoms with Gasteiger partial charge >= 0.3 is 0 Å². The predicted molar refractivity (Wildman–Crippen MR) is 101 cm³/mol. The van der Waals surface area contributed by atoms with Crippen molar-refractivity contribution >= 4 is 5.91 Å². The Labute approximate surface area is 153 Å². The van der Waals surface area contributed by atoms with Gasteiger partial charge in [0.05, 0.1) is 0 Å². The van der Waals surface area contributed by atoms with E-state index in [1.165, 1.54) is 5.56 Å². The van der Waals surface area contributed by atoms with Crippen LogP contribution in [0.5, 0.6) is 0 Å². The fraction of sp³-hybridized carbons (Fsp3) is 0.286. The number of nitrogens with one attached hydrogen (secondary N) is 1. The molecule has 2 aromatic carbocycles. The van der Waals surface area contributed by atoms with Crippen LogP contribution in [0, 0.1) is 0 Å². The lowest BCUT2D eigenvalue weighted by Gasteiger charge is -2.19. The van der Waals surface area contributed by atoms with E-state index in [1.807, 2.05) is 61.5 Å². The average Bonchev–Trinajstić information content (AvgIpc) is 3.12. The Kier molecular flexibility index (Phi) is 4.89. The van der Waals surface area contributed by atoms with Crippen molar-refractivity contribution in [1.29, 1.82) is 0 Å². The molecule has 0 saturated heterocycles. The number of rotatable bonds is 4. The van der Waals surface area contributed by atoms with Crippen LogP contribution in [0.15, 0.2) is 59.1 Å². The van der Waals surface area contributed by atoms with Gasteiger partial charge in [-0.05, 0) is 30.0 Å². The second kappa shape index (κ2) is 7.12. The second-order valence-electron chi connectivity index (χ2n) is 7.34. The molecule has 0 radical (unpaired) electrons. The molecular formula is C21H23N3O2. The number of carbonyl (C=O) groups excluding carboxylic acids is 1. The van der Waals surface area contributed by atoms with Gasteiger partial charge in [-0.1, -0.05) is 68.4 Å². The molecule has 0 aliphatic carbocycles. The maximum absolute atomic E-state index is 12.5. The summed E-state index contributed by atoms with van der Waals surface area (Å²) < 4.78 is 5.31. The molecule has 26 heavy (non-hydrogen) atoms. The molecule has 0 aliphatic heterocycles. The molecule has 3 rings (SSSR count). The van der Waals surface area contributed by atoms with Crippen LogP contribution in [0.1, 0.15) is 55.5 Å². The standard InChI is InChI=1S/C21H23N3O2/c1-14(20-23-18(24-26-20)15-8-6-5-7-9-15)22-19(25)16-10-12-17(13-11-16)21(2,3)4/h5-14H,1-4H3,(H,22,25). The molecule has 1 atom stereocenters. The molecule has 1 aromatic heterocycles. The number of nitrogens with zero attached hydrogens (tertiary/aromatic N) is 2. The fourth-order valence-corrected chi connectivity index (χ4v) is 2.58. The Morgan fingerprint density at radius 1 is 1.04 bits per heavy atom. The topological polar surface area (TPSA) is 68.0 Å². The first-order chi connectivity index (χ1) is 12.3. The van der Waals surface area contributed by atoms with E-state index in [1.54, 1.807) is 0 Å². The maximum atomic E-state index is 12.5. The minimum atomic E-state index is -0.380. The van der Waals surface area contributed by atoms with Crippen molar-refractivity contribution in [3.63, 3.8) is 0 Å². The molecule has 1 heterocycles. The smallest absolute Gasteiger partial charge is 0.251 e. The van der Waals surface area contributed by atoms with Crippen LogP contribution >= 0.6 is 0 Å². The molecule has 5 heteroatoms. The summed E-state index contributed by atoms with van der Waals surface area (Å²) in [5.74, 6) is 0.720. The lowest BCUT2D eigenvalue weighted by Crippen LogP contribution is -2.27. The minimum absolute atomic E-state index is 0.0555. The fourth-order valence-electron chi connectivity index (χ4n) is 2.58. The lowest BCUT2D eigenvalue weighted by atomic mass is 9.86. The molecule has 0 saturated carbocycles. The van der Waals surface area contributed by atoms with Crippen molar-refractivity contribution in [2.24, 2.45) is 0 Å². The summed E-state index contributed by atoms with van der Waals surface area (Å²) in [6, 6.07) is 16.9. The third kappa shape index (κ3) is 3.99. The Balaban J connectivity index is 1.69. The number of hydrogen-bond donors (Lipinski definition) is 1. The van der Waals surface area contributed by atoms with E-state index >= 15 is 0 Å². The van der Waals surface area contributed by atoms with Gasteiger partial charge in [-0.15, -0.1) is 0 Å². The number of hydrogen-bond acceptors (Lipinski definition) is 4. The first-order valence-electron chi connectivity index (χ1n) is 8.65. The van der Waals surface area contributed by atoms with Crippen molar-refractivity contribution in [3.8, 4) is 11.4 Å². The van der Waals surface area contributed by atoms with Crippen molar-refractivity contribution in [2.45, 2.75) is 39.2 Å². The zero-order chi connectivity index (χ0) is 18.7. The molecule has 1 amide bonds. The highest BCUT2D eigenvalue weighted by atomic mass is 16.5. The summed E-state index contributed by atoms with van der Waals surface area (Å²) in [4.78, 5) is 16.8. The molecule has 0 spiro atoms. The molecule has 1 N–H and O–H groups in total. The van der Waals surface area contributed by atoms with E-state index in [-0.39, 0.29) is 17.4 Å². The second-order valence-corrected chi connectivity index (χ2v) is 7.34. The molecule has 0 aliphatic rings. The molecule has 0 bridgehead atoms. The zero-order valence-corrected chi connectivity index (χ0v) is 15.5. The van der Waals surface area contributed by atoms with E-state index in [9.17, 15) is 4.79 Å². The number of amides is 1. The SMILES string of the molecule is CC(NC(=O)c1ccc(C(C)(C)C)cc1)c1nc(-c2ccccc2)no1. The van der Waals surface area contributed by atoms with Crippen molar-refractivity contribution in [1.82, 2.24) is 15.5 Å². The summed E-state index contributed by atoms with van der Waals surface area (Å²) in [6.45, 7) is 8.25. The van der Waals surface area contributed by atoms with Gasteiger partial charge in [0.1, 0.15) is 6.04 Å². The first kappa shape index (κ1) is 17.9. The summed E-state index contributed by atoms with van der Waals surface area (Å²) in [6.07, 6.45) is 0. The van der Waals surface area contributed by atoms with Crippen LogP contribution in [0.4, 0.5) is 0 Å². The van der Waals surface area contributed by atoms with Crippen LogP contribution in [0.3, 0.4) is 0 Å². The number of aromatic nitrogens is 2. The largest absolute Gasteiger partial charge is 0.341 e. The van der Waals surface area contributed by atoms with Crippen molar-refractivity contribution in [3.05, 3.63) is 71.6 Å². The summed E-state index contributed by atoms with van der Waals surface area (Å²) in [5.41, 5.74) is 2.72. The minimum Gasteiger partial charge on any atom is -0.341 e. The highest BCUT2D eigenvalue weighted by Gasteiger charge is 2.19. The van der Waals surface area contributed by atoms with Gasteiger partial charge in [0.25, 0.3) is 5.91 Å². The van der Waals surface area contributed by atoms with Crippen LogP contribution in [0.25, 0.3) is 11.4 Å². The molecular weight excluding hydrogens is 326 g/mol. The lowest BCUT2D eigenvalue weighted by molar-refractivity contribution is 0.0932. The highest BCUT2D eigenvalue weighted by Crippen LogP contribution is 2.23. The van der Waals surface area contributed by atoms with Crippen molar-refractivity contribution in [2.75, 3.05) is 0 Å². The number of carbonyl (C=O) groups is 1. The molecule has 5 nitrogen and oxygen atoms in total. The van der Waals surface area contributed by atoms with Gasteiger partial charge in [-0.2, -0.15) is 4.98 Å². The van der Waals surface area contributed by atoms with Crippen molar-refractivity contribution < 1.29 is 9.32 Å². The summed E-state index contributed by atoms with van der Waals surface area (Å²) >= 11 is 0. The molecule has 3 aromatic rings. The van der Waals surface area contributed by atoms with Gasteiger partial charge < -0.3 is 9.84 Å². The number of benzene rings is 2. The van der Waals surface area contributed by atoms with E-state index in [2.05, 4.69) is 36.2 Å². The molecule has 0 fully saturated rings. The predicted octanol–water partition coefficient (Wildman–Crippen LogP) is 4.53. The quantitative estimate of drug-likeness (QED) is 0.751. The van der Waals surface area contributed by atoms with Gasteiger partial charge in [0.15, 0.2) is 0 Å². The third-order valence-corrected chi connectivity index (χ3v) is 4.20. The third-order valence-electron chi connectivity index (χ3n) is 4.20. The highest BCUT2D eigenvalue weighted by molar-refractivity contribution is 5.94. The molecule has 1 unspecified atom stereocenters. The Bertz CT molecular complexity index is 878. The zero-order valence-electron chi connectivity index (χ0n) is 15.5. The van der Waals surface area contributed by atoms with Gasteiger partial charge in [-0.25, -0.2) is 0 Å². The maximum Gasteiger partial charge on any atom is 0.251 e. The normalized spacial score (nSPS) is 12.6. The monoisotopic (exact) mass is 349 g/mol. The van der Waals surface area contributed by atoms with E-state index in [0.29, 0.717) is 17.3 Å². The summed E-state index contributed by atoms with van der Waals surface area (Å²) in [7, 11) is 0. The Hall–Kier alpha value is -2.95. The van der Waals surface area contributed by atoms with E-state index in [0.717, 1.165) is 5.56 Å². The van der Waals surface area contributed by atoms with E-state index < -0.39 is 0 Å². The van der Waals surface area contributed by atoms with Gasteiger partial charge in [0, 0.05) is 11.1 Å². The molecule has 134 valence electrons. The Morgan fingerprint density at radius 3 is 2.31 bits per heavy atom. The summed E-state index contributed by atoms with van der Waals surface area (Å²) in [5, 5.41) is 6.89.